The smallest absolute Gasteiger partial charge is 0.286 e. The normalized spacial score (nSPS) is 20.5. The molecule has 2 heterocycles. The van der Waals surface area contributed by atoms with Crippen LogP contribution < -0.4 is 0 Å². The number of aromatic hydroxyl groups is 1. The van der Waals surface area contributed by atoms with E-state index in [2.05, 4.69) is 4.99 Å². The topological polar surface area (TPSA) is 52.9 Å². The lowest BCUT2D eigenvalue weighted by molar-refractivity contribution is -0.113. The van der Waals surface area contributed by atoms with Gasteiger partial charge in [-0.1, -0.05) is 0 Å². The van der Waals surface area contributed by atoms with Crippen LogP contribution >= 0.6 is 11.8 Å². The third-order valence-electron chi connectivity index (χ3n) is 3.33. The fourth-order valence-corrected chi connectivity index (χ4v) is 3.23. The van der Waals surface area contributed by atoms with E-state index < -0.39 is 23.3 Å². The molecule has 1 saturated heterocycles. The number of thioether (sulfide) groups is 1. The van der Waals surface area contributed by atoms with Crippen LogP contribution in [0.15, 0.2) is 22.0 Å². The molecule has 3 rings (SSSR count). The summed E-state index contributed by atoms with van der Waals surface area (Å²) in [5, 5.41) is 10.2. The summed E-state index contributed by atoms with van der Waals surface area (Å²) in [6, 6.07) is 1.57. The van der Waals surface area contributed by atoms with Gasteiger partial charge in [0.1, 0.15) is 5.82 Å². The highest BCUT2D eigenvalue weighted by molar-refractivity contribution is 8.18. The van der Waals surface area contributed by atoms with Gasteiger partial charge in [0.25, 0.3) is 5.91 Å². The Labute approximate surface area is 124 Å². The number of hydrogen-bond donors (Lipinski definition) is 1. The molecule has 1 fully saturated rings. The van der Waals surface area contributed by atoms with E-state index in [-0.39, 0.29) is 10.5 Å². The molecule has 0 aliphatic carbocycles. The number of benzene rings is 1. The second-order valence-corrected chi connectivity index (χ2v) is 5.84. The van der Waals surface area contributed by atoms with Crippen LogP contribution in [-0.4, -0.2) is 34.2 Å². The maximum absolute atomic E-state index is 13.3. The van der Waals surface area contributed by atoms with Crippen molar-refractivity contribution in [3.05, 3.63) is 34.2 Å². The Morgan fingerprint density at radius 3 is 2.71 bits per heavy atom. The summed E-state index contributed by atoms with van der Waals surface area (Å²) in [5.74, 6) is -3.00. The first kappa shape index (κ1) is 14.1. The van der Waals surface area contributed by atoms with Gasteiger partial charge in [-0.15, -0.1) is 0 Å². The number of likely N-dealkylation sites (tertiary alicyclic amines) is 1. The number of amidine groups is 1. The van der Waals surface area contributed by atoms with E-state index in [0.717, 1.165) is 43.8 Å². The highest BCUT2D eigenvalue weighted by Crippen LogP contribution is 2.34. The summed E-state index contributed by atoms with van der Waals surface area (Å²) < 4.78 is 26.5. The number of amides is 1. The molecule has 0 atom stereocenters. The van der Waals surface area contributed by atoms with Crippen LogP contribution in [0, 0.1) is 11.6 Å². The van der Waals surface area contributed by atoms with Gasteiger partial charge >= 0.3 is 0 Å². The molecule has 0 bridgehead atoms. The minimum Gasteiger partial charge on any atom is -0.504 e. The molecule has 7 heteroatoms. The Morgan fingerprint density at radius 1 is 1.29 bits per heavy atom. The van der Waals surface area contributed by atoms with Crippen molar-refractivity contribution in [2.45, 2.75) is 12.8 Å². The highest BCUT2D eigenvalue weighted by atomic mass is 32.2. The van der Waals surface area contributed by atoms with Gasteiger partial charge in [-0.2, -0.15) is 4.99 Å². The fraction of sp³-hybridized carbons (Fsp3) is 0.286. The van der Waals surface area contributed by atoms with E-state index in [1.807, 2.05) is 4.90 Å². The number of carbonyl (C=O) groups excluding carboxylic acids is 1. The molecule has 110 valence electrons. The predicted octanol–water partition coefficient (Wildman–Crippen LogP) is 2.74. The number of carbonyl (C=O) groups is 1. The van der Waals surface area contributed by atoms with E-state index in [1.54, 1.807) is 0 Å². The second kappa shape index (κ2) is 5.48. The molecular formula is C14H12F2N2O2S. The molecule has 4 nitrogen and oxygen atoms in total. The van der Waals surface area contributed by atoms with Crippen LogP contribution in [0.2, 0.25) is 0 Å². The molecule has 2 aliphatic rings. The molecule has 2 aliphatic heterocycles. The molecule has 0 saturated carbocycles. The quantitative estimate of drug-likeness (QED) is 0.810. The van der Waals surface area contributed by atoms with Crippen LogP contribution in [0.1, 0.15) is 18.4 Å². The van der Waals surface area contributed by atoms with Crippen molar-refractivity contribution in [2.24, 2.45) is 4.99 Å². The lowest BCUT2D eigenvalue weighted by Crippen LogP contribution is -2.23. The summed E-state index contributed by atoms with van der Waals surface area (Å²) in [7, 11) is 0. The van der Waals surface area contributed by atoms with Gasteiger partial charge in [0, 0.05) is 24.7 Å². The maximum atomic E-state index is 13.3. The maximum Gasteiger partial charge on any atom is 0.286 e. The van der Waals surface area contributed by atoms with Crippen LogP contribution in [0.4, 0.5) is 8.78 Å². The summed E-state index contributed by atoms with van der Waals surface area (Å²) in [6.07, 6.45) is 3.38. The number of aliphatic imine (C=N–C) groups is 1. The van der Waals surface area contributed by atoms with Crippen molar-refractivity contribution in [2.75, 3.05) is 13.1 Å². The molecule has 1 N–H and O–H groups in total. The van der Waals surface area contributed by atoms with Crippen molar-refractivity contribution < 1.29 is 18.7 Å². The number of nitrogens with zero attached hydrogens (tertiary/aromatic N) is 2. The Morgan fingerprint density at radius 2 is 2.00 bits per heavy atom. The van der Waals surface area contributed by atoms with E-state index in [1.165, 1.54) is 6.08 Å². The van der Waals surface area contributed by atoms with E-state index in [9.17, 15) is 18.7 Å². The summed E-state index contributed by atoms with van der Waals surface area (Å²) in [6.45, 7) is 1.71. The zero-order chi connectivity index (χ0) is 15.0. The van der Waals surface area contributed by atoms with Crippen LogP contribution in [-0.2, 0) is 4.79 Å². The van der Waals surface area contributed by atoms with Gasteiger partial charge in [-0.25, -0.2) is 8.78 Å². The SMILES string of the molecule is O=C1N=C(N2CCCC2)S/C1=C\c1cc(F)cc(F)c1O. The number of hydrogen-bond acceptors (Lipinski definition) is 4. The van der Waals surface area contributed by atoms with Gasteiger partial charge in [0.15, 0.2) is 16.7 Å². The molecule has 0 aromatic heterocycles. The third-order valence-corrected chi connectivity index (χ3v) is 4.37. The van der Waals surface area contributed by atoms with Crippen LogP contribution in [0.3, 0.4) is 0 Å². The summed E-state index contributed by atoms with van der Waals surface area (Å²) in [5.41, 5.74) is -0.0683. The lowest BCUT2D eigenvalue weighted by Gasteiger charge is -2.14. The minimum atomic E-state index is -1.06. The van der Waals surface area contributed by atoms with Crippen molar-refractivity contribution in [1.82, 2.24) is 4.90 Å². The monoisotopic (exact) mass is 310 g/mol. The second-order valence-electron chi connectivity index (χ2n) is 4.83. The molecule has 0 radical (unpaired) electrons. The standard InChI is InChI=1S/C14H12F2N2O2S/c15-9-5-8(12(19)10(16)7-9)6-11-13(20)17-14(21-11)18-3-1-2-4-18/h5-7,19H,1-4H2/b11-6-. The van der Waals surface area contributed by atoms with Gasteiger partial charge in [0.2, 0.25) is 0 Å². The molecule has 1 aromatic rings. The Hall–Kier alpha value is -1.89. The van der Waals surface area contributed by atoms with Crippen LogP contribution in [0.25, 0.3) is 6.08 Å². The molecule has 1 aromatic carbocycles. The van der Waals surface area contributed by atoms with Gasteiger partial charge in [0.05, 0.1) is 4.91 Å². The van der Waals surface area contributed by atoms with Crippen molar-refractivity contribution in [3.63, 3.8) is 0 Å². The average Bonchev–Trinajstić information content (AvgIpc) is 3.06. The summed E-state index contributed by atoms with van der Waals surface area (Å²) >= 11 is 1.16. The molecule has 0 unspecified atom stereocenters. The van der Waals surface area contributed by atoms with E-state index in [4.69, 9.17) is 0 Å². The molecule has 21 heavy (non-hydrogen) atoms. The van der Waals surface area contributed by atoms with Gasteiger partial charge < -0.3 is 10.0 Å². The lowest BCUT2D eigenvalue weighted by atomic mass is 10.1. The zero-order valence-electron chi connectivity index (χ0n) is 11.0. The fourth-order valence-electron chi connectivity index (χ4n) is 2.28. The van der Waals surface area contributed by atoms with Crippen molar-refractivity contribution in [3.8, 4) is 5.75 Å². The number of rotatable bonds is 1. The number of phenols is 1. The molecule has 1 amide bonds. The molecule has 0 spiro atoms. The molecular weight excluding hydrogens is 298 g/mol. The first-order chi connectivity index (χ1) is 10.0. The average molecular weight is 310 g/mol. The van der Waals surface area contributed by atoms with E-state index >= 15 is 0 Å². The van der Waals surface area contributed by atoms with Gasteiger partial charge in [-0.05, 0) is 36.7 Å². The highest BCUT2D eigenvalue weighted by Gasteiger charge is 2.28. The summed E-state index contributed by atoms with van der Waals surface area (Å²) in [4.78, 5) is 18.1. The van der Waals surface area contributed by atoms with Crippen LogP contribution in [0.5, 0.6) is 5.75 Å². The number of halogens is 2. The Bertz CT molecular complexity index is 667. The Kier molecular flexibility index (Phi) is 3.67. The first-order valence-corrected chi connectivity index (χ1v) is 7.32. The van der Waals surface area contributed by atoms with Crippen molar-refractivity contribution in [1.29, 1.82) is 0 Å². The first-order valence-electron chi connectivity index (χ1n) is 6.50. The van der Waals surface area contributed by atoms with E-state index in [0.29, 0.717) is 11.2 Å². The van der Waals surface area contributed by atoms with Crippen molar-refractivity contribution >= 4 is 28.9 Å². The minimum absolute atomic E-state index is 0.0683. The number of phenolic OH excluding ortho intramolecular Hbond substituents is 1. The van der Waals surface area contributed by atoms with Gasteiger partial charge in [-0.3, -0.25) is 4.79 Å². The zero-order valence-corrected chi connectivity index (χ0v) is 11.8. The largest absolute Gasteiger partial charge is 0.504 e. The predicted molar refractivity (Wildman–Crippen MR) is 76.8 cm³/mol. The third kappa shape index (κ3) is 2.78. The Balaban J connectivity index is 1.87.